The fourth-order valence-electron chi connectivity index (χ4n) is 4.12. The molecular formula is C25H29NO2. The first-order chi connectivity index (χ1) is 13.7. The van der Waals surface area contributed by atoms with E-state index in [1.54, 1.807) is 24.3 Å². The molecule has 0 bridgehead atoms. The van der Waals surface area contributed by atoms with Crippen molar-refractivity contribution in [2.24, 2.45) is 5.92 Å². The van der Waals surface area contributed by atoms with Crippen molar-refractivity contribution in [3.05, 3.63) is 65.2 Å². The number of esters is 1. The predicted octanol–water partition coefficient (Wildman–Crippen LogP) is 6.63. The van der Waals surface area contributed by atoms with Crippen LogP contribution < -0.4 is 4.74 Å². The molecule has 0 heterocycles. The highest BCUT2D eigenvalue weighted by Crippen LogP contribution is 2.38. The molecule has 3 rings (SSSR count). The second kappa shape index (κ2) is 10.1. The molecule has 0 N–H and O–H groups in total. The van der Waals surface area contributed by atoms with Gasteiger partial charge < -0.3 is 4.74 Å². The Labute approximate surface area is 168 Å². The number of benzene rings is 2. The number of hydrogen-bond donors (Lipinski definition) is 0. The SMILES string of the molecule is CCCCCC1CCC(c2ccc(OC(=O)c3ccc(C#N)cc3)cc2)CC1. The molecule has 0 aromatic heterocycles. The lowest BCUT2D eigenvalue weighted by molar-refractivity contribution is 0.0734. The maximum Gasteiger partial charge on any atom is 0.343 e. The molecule has 0 spiro atoms. The van der Waals surface area contributed by atoms with E-state index in [2.05, 4.69) is 19.1 Å². The third-order valence-electron chi connectivity index (χ3n) is 5.87. The summed E-state index contributed by atoms with van der Waals surface area (Å²) in [5, 5.41) is 8.83. The topological polar surface area (TPSA) is 50.1 Å². The van der Waals surface area contributed by atoms with E-state index >= 15 is 0 Å². The molecule has 0 radical (unpaired) electrons. The average molecular weight is 376 g/mol. The number of nitrogens with zero attached hydrogens (tertiary/aromatic N) is 1. The van der Waals surface area contributed by atoms with Crippen molar-refractivity contribution in [3.8, 4) is 11.8 Å². The van der Waals surface area contributed by atoms with Crippen molar-refractivity contribution in [2.45, 2.75) is 64.2 Å². The first-order valence-electron chi connectivity index (χ1n) is 10.5. The van der Waals surface area contributed by atoms with Crippen LogP contribution in [0, 0.1) is 17.2 Å². The second-order valence-electron chi connectivity index (χ2n) is 7.86. The van der Waals surface area contributed by atoms with Gasteiger partial charge in [-0.3, -0.25) is 0 Å². The maximum atomic E-state index is 12.2. The van der Waals surface area contributed by atoms with Crippen LogP contribution >= 0.6 is 0 Å². The molecule has 0 atom stereocenters. The van der Waals surface area contributed by atoms with E-state index in [9.17, 15) is 4.79 Å². The van der Waals surface area contributed by atoms with Crippen LogP contribution in [0.5, 0.6) is 5.75 Å². The van der Waals surface area contributed by atoms with Crippen LogP contribution in [0.3, 0.4) is 0 Å². The van der Waals surface area contributed by atoms with Gasteiger partial charge in [0.15, 0.2) is 0 Å². The third-order valence-corrected chi connectivity index (χ3v) is 5.87. The van der Waals surface area contributed by atoms with E-state index in [1.165, 1.54) is 56.9 Å². The predicted molar refractivity (Wildman–Crippen MR) is 111 cm³/mol. The Morgan fingerprint density at radius 2 is 1.68 bits per heavy atom. The lowest BCUT2D eigenvalue weighted by Gasteiger charge is -2.29. The first kappa shape index (κ1) is 20.1. The van der Waals surface area contributed by atoms with Gasteiger partial charge >= 0.3 is 5.97 Å². The van der Waals surface area contributed by atoms with Crippen LogP contribution in [-0.2, 0) is 0 Å². The Kier molecular flexibility index (Phi) is 7.25. The van der Waals surface area contributed by atoms with E-state index in [-0.39, 0.29) is 0 Å². The van der Waals surface area contributed by atoms with Crippen LogP contribution in [0.4, 0.5) is 0 Å². The molecule has 2 aromatic carbocycles. The van der Waals surface area contributed by atoms with E-state index in [0.29, 0.717) is 22.8 Å². The number of ether oxygens (including phenoxy) is 1. The fourth-order valence-corrected chi connectivity index (χ4v) is 4.12. The monoisotopic (exact) mass is 375 g/mol. The summed E-state index contributed by atoms with van der Waals surface area (Å²) >= 11 is 0. The molecule has 0 amide bonds. The molecular weight excluding hydrogens is 346 g/mol. The standard InChI is InChI=1S/C25H29NO2/c1-2-3-4-5-19-6-10-21(11-7-19)22-14-16-24(17-15-22)28-25(27)23-12-8-20(18-26)9-13-23/h8-9,12-17,19,21H,2-7,10-11H2,1H3. The van der Waals surface area contributed by atoms with Crippen LogP contribution in [0.2, 0.25) is 0 Å². The highest BCUT2D eigenvalue weighted by Gasteiger charge is 2.22. The van der Waals surface area contributed by atoms with Crippen molar-refractivity contribution < 1.29 is 9.53 Å². The van der Waals surface area contributed by atoms with Gasteiger partial charge in [0.25, 0.3) is 0 Å². The second-order valence-corrected chi connectivity index (χ2v) is 7.86. The number of nitriles is 1. The van der Waals surface area contributed by atoms with Gasteiger partial charge in [0, 0.05) is 0 Å². The van der Waals surface area contributed by atoms with E-state index in [4.69, 9.17) is 10.00 Å². The summed E-state index contributed by atoms with van der Waals surface area (Å²) in [6.45, 7) is 2.27. The number of rotatable bonds is 7. The quantitative estimate of drug-likeness (QED) is 0.310. The minimum Gasteiger partial charge on any atom is -0.423 e. The van der Waals surface area contributed by atoms with Gasteiger partial charge in [0.05, 0.1) is 17.2 Å². The highest BCUT2D eigenvalue weighted by molar-refractivity contribution is 5.91. The minimum atomic E-state index is -0.398. The van der Waals surface area contributed by atoms with Crippen molar-refractivity contribution in [3.63, 3.8) is 0 Å². The van der Waals surface area contributed by atoms with Crippen molar-refractivity contribution in [1.82, 2.24) is 0 Å². The van der Waals surface area contributed by atoms with Gasteiger partial charge in [0.1, 0.15) is 5.75 Å². The molecule has 3 nitrogen and oxygen atoms in total. The van der Waals surface area contributed by atoms with Gasteiger partial charge in [-0.1, -0.05) is 44.7 Å². The van der Waals surface area contributed by atoms with Crippen LogP contribution in [0.1, 0.15) is 85.7 Å². The summed E-state index contributed by atoms with van der Waals surface area (Å²) < 4.78 is 5.47. The first-order valence-corrected chi connectivity index (χ1v) is 10.5. The molecule has 146 valence electrons. The maximum absolute atomic E-state index is 12.2. The molecule has 1 saturated carbocycles. The van der Waals surface area contributed by atoms with Gasteiger partial charge in [-0.15, -0.1) is 0 Å². The summed E-state index contributed by atoms with van der Waals surface area (Å²) in [5.74, 6) is 1.71. The Bertz CT molecular complexity index is 794. The normalized spacial score (nSPS) is 19.0. The summed E-state index contributed by atoms with van der Waals surface area (Å²) in [7, 11) is 0. The molecule has 3 heteroatoms. The zero-order chi connectivity index (χ0) is 19.8. The van der Waals surface area contributed by atoms with Crippen molar-refractivity contribution in [2.75, 3.05) is 0 Å². The molecule has 0 aliphatic heterocycles. The van der Waals surface area contributed by atoms with Gasteiger partial charge in [-0.05, 0) is 79.5 Å². The van der Waals surface area contributed by atoms with Crippen molar-refractivity contribution >= 4 is 5.97 Å². The molecule has 1 aliphatic carbocycles. The van der Waals surface area contributed by atoms with E-state index in [1.807, 2.05) is 18.2 Å². The number of carbonyl (C=O) groups excluding carboxylic acids is 1. The van der Waals surface area contributed by atoms with Crippen LogP contribution in [-0.4, -0.2) is 5.97 Å². The molecule has 0 saturated heterocycles. The zero-order valence-electron chi connectivity index (χ0n) is 16.7. The number of hydrogen-bond acceptors (Lipinski definition) is 3. The van der Waals surface area contributed by atoms with E-state index < -0.39 is 5.97 Å². The summed E-state index contributed by atoms with van der Waals surface area (Å²) in [5.41, 5.74) is 2.33. The largest absolute Gasteiger partial charge is 0.423 e. The average Bonchev–Trinajstić information content (AvgIpc) is 2.75. The van der Waals surface area contributed by atoms with Gasteiger partial charge in [-0.2, -0.15) is 5.26 Å². The zero-order valence-corrected chi connectivity index (χ0v) is 16.7. The molecule has 2 aromatic rings. The Morgan fingerprint density at radius 3 is 2.29 bits per heavy atom. The molecule has 1 fully saturated rings. The minimum absolute atomic E-state index is 0.398. The Hall–Kier alpha value is -2.60. The summed E-state index contributed by atoms with van der Waals surface area (Å²) in [6, 6.07) is 16.5. The lowest BCUT2D eigenvalue weighted by Crippen LogP contribution is -2.13. The molecule has 1 aliphatic rings. The van der Waals surface area contributed by atoms with Crippen LogP contribution in [0.15, 0.2) is 48.5 Å². The number of carbonyl (C=O) groups is 1. The fraction of sp³-hybridized carbons (Fsp3) is 0.440. The van der Waals surface area contributed by atoms with Gasteiger partial charge in [-0.25, -0.2) is 4.79 Å². The molecule has 0 unspecified atom stereocenters. The van der Waals surface area contributed by atoms with Gasteiger partial charge in [0.2, 0.25) is 0 Å². The summed E-state index contributed by atoms with van der Waals surface area (Å²) in [6.07, 6.45) is 10.6. The lowest BCUT2D eigenvalue weighted by atomic mass is 9.77. The third kappa shape index (κ3) is 5.45. The Balaban J connectivity index is 1.51. The Morgan fingerprint density at radius 1 is 1.00 bits per heavy atom. The smallest absolute Gasteiger partial charge is 0.343 e. The molecule has 28 heavy (non-hydrogen) atoms. The summed E-state index contributed by atoms with van der Waals surface area (Å²) in [4.78, 5) is 12.2. The number of unbranched alkanes of at least 4 members (excludes halogenated alkanes) is 2. The van der Waals surface area contributed by atoms with Crippen LogP contribution in [0.25, 0.3) is 0 Å². The van der Waals surface area contributed by atoms with Crippen molar-refractivity contribution in [1.29, 1.82) is 5.26 Å². The van der Waals surface area contributed by atoms with E-state index in [0.717, 1.165) is 5.92 Å². The highest BCUT2D eigenvalue weighted by atomic mass is 16.5.